The molecule has 0 bridgehead atoms. The van der Waals surface area contributed by atoms with Crippen molar-refractivity contribution < 1.29 is 14.3 Å². The van der Waals surface area contributed by atoms with E-state index in [-0.39, 0.29) is 18.6 Å². The summed E-state index contributed by atoms with van der Waals surface area (Å²) in [5, 5.41) is 0. The fourth-order valence-corrected chi connectivity index (χ4v) is 3.10. The first kappa shape index (κ1) is 16.0. The van der Waals surface area contributed by atoms with E-state index < -0.39 is 0 Å². The summed E-state index contributed by atoms with van der Waals surface area (Å²) in [6.07, 6.45) is -0.191. The van der Waals surface area contributed by atoms with Gasteiger partial charge in [0.15, 0.2) is 0 Å². The van der Waals surface area contributed by atoms with E-state index in [1.54, 1.807) is 7.11 Å². The van der Waals surface area contributed by atoms with Crippen LogP contribution in [0.15, 0.2) is 53.0 Å². The first-order valence-electron chi connectivity index (χ1n) is 7.44. The lowest BCUT2D eigenvalue weighted by molar-refractivity contribution is -0.150. The van der Waals surface area contributed by atoms with Gasteiger partial charge in [0, 0.05) is 16.6 Å². The van der Waals surface area contributed by atoms with Gasteiger partial charge in [0.1, 0.15) is 18.5 Å². The number of hydrogen-bond acceptors (Lipinski definition) is 3. The van der Waals surface area contributed by atoms with Gasteiger partial charge in [-0.3, -0.25) is 4.79 Å². The molecule has 2 aromatic carbocycles. The molecule has 2 aromatic rings. The zero-order chi connectivity index (χ0) is 16.2. The summed E-state index contributed by atoms with van der Waals surface area (Å²) < 4.78 is 12.1. The Morgan fingerprint density at radius 3 is 2.78 bits per heavy atom. The number of hydrogen-bond donors (Lipinski definition) is 0. The van der Waals surface area contributed by atoms with Crippen molar-refractivity contribution in [2.75, 3.05) is 20.3 Å². The lowest BCUT2D eigenvalue weighted by atomic mass is 10.1. The minimum Gasteiger partial charge on any atom is -0.496 e. The van der Waals surface area contributed by atoms with Gasteiger partial charge in [-0.15, -0.1) is 0 Å². The standard InChI is InChI=1S/C18H18BrNO3/c1-22-16-8-7-14(19)9-15(16)17-11-20(18(21)12-23-17)10-13-5-3-2-4-6-13/h2-9,17H,10-12H2,1H3/t17-/m1/s1. The van der Waals surface area contributed by atoms with Crippen LogP contribution in [0, 0.1) is 0 Å². The Bertz CT molecular complexity index is 690. The minimum atomic E-state index is -0.191. The Morgan fingerprint density at radius 1 is 1.26 bits per heavy atom. The maximum atomic E-state index is 12.2. The number of benzene rings is 2. The van der Waals surface area contributed by atoms with Gasteiger partial charge in [-0.25, -0.2) is 0 Å². The molecule has 5 heteroatoms. The van der Waals surface area contributed by atoms with Crippen molar-refractivity contribution in [2.24, 2.45) is 0 Å². The number of rotatable bonds is 4. The Labute approximate surface area is 144 Å². The second-order valence-electron chi connectivity index (χ2n) is 5.45. The molecular formula is C18H18BrNO3. The maximum Gasteiger partial charge on any atom is 0.249 e. The molecule has 0 saturated carbocycles. The summed E-state index contributed by atoms with van der Waals surface area (Å²) in [5.41, 5.74) is 2.06. The molecule has 1 aliphatic heterocycles. The molecular weight excluding hydrogens is 358 g/mol. The molecule has 1 saturated heterocycles. The van der Waals surface area contributed by atoms with Crippen LogP contribution >= 0.6 is 15.9 Å². The van der Waals surface area contributed by atoms with E-state index in [1.165, 1.54) is 0 Å². The van der Waals surface area contributed by atoms with Crippen molar-refractivity contribution in [2.45, 2.75) is 12.6 Å². The highest BCUT2D eigenvalue weighted by Gasteiger charge is 2.29. The highest BCUT2D eigenvalue weighted by Crippen LogP contribution is 2.33. The van der Waals surface area contributed by atoms with Gasteiger partial charge < -0.3 is 14.4 Å². The molecule has 0 spiro atoms. The third-order valence-electron chi connectivity index (χ3n) is 3.90. The highest BCUT2D eigenvalue weighted by atomic mass is 79.9. The van der Waals surface area contributed by atoms with Gasteiger partial charge in [-0.2, -0.15) is 0 Å². The van der Waals surface area contributed by atoms with Crippen LogP contribution in [0.1, 0.15) is 17.2 Å². The Morgan fingerprint density at radius 2 is 2.04 bits per heavy atom. The quantitative estimate of drug-likeness (QED) is 0.819. The minimum absolute atomic E-state index is 0.0130. The highest BCUT2D eigenvalue weighted by molar-refractivity contribution is 9.10. The van der Waals surface area contributed by atoms with Gasteiger partial charge in [-0.05, 0) is 23.8 Å². The summed E-state index contributed by atoms with van der Waals surface area (Å²) in [7, 11) is 1.64. The molecule has 4 nitrogen and oxygen atoms in total. The van der Waals surface area contributed by atoms with Crippen molar-refractivity contribution in [3.05, 3.63) is 64.1 Å². The molecule has 0 unspecified atom stereocenters. The van der Waals surface area contributed by atoms with Crippen molar-refractivity contribution in [3.63, 3.8) is 0 Å². The number of halogens is 1. The van der Waals surface area contributed by atoms with Gasteiger partial charge >= 0.3 is 0 Å². The van der Waals surface area contributed by atoms with Gasteiger partial charge in [0.05, 0.1) is 13.7 Å². The first-order valence-corrected chi connectivity index (χ1v) is 8.23. The molecule has 3 rings (SSSR count). The molecule has 0 radical (unpaired) electrons. The summed E-state index contributed by atoms with van der Waals surface area (Å²) in [6, 6.07) is 15.8. The Hall–Kier alpha value is -1.85. The number of morpholine rings is 1. The van der Waals surface area contributed by atoms with E-state index >= 15 is 0 Å². The second kappa shape index (κ2) is 7.15. The van der Waals surface area contributed by atoms with E-state index in [2.05, 4.69) is 15.9 Å². The van der Waals surface area contributed by atoms with Crippen LogP contribution in [0.25, 0.3) is 0 Å². The summed E-state index contributed by atoms with van der Waals surface area (Å²) in [6.45, 7) is 1.20. The van der Waals surface area contributed by atoms with Crippen molar-refractivity contribution in [1.29, 1.82) is 0 Å². The largest absolute Gasteiger partial charge is 0.496 e. The molecule has 1 amide bonds. The fraction of sp³-hybridized carbons (Fsp3) is 0.278. The molecule has 0 N–H and O–H groups in total. The monoisotopic (exact) mass is 375 g/mol. The average molecular weight is 376 g/mol. The van der Waals surface area contributed by atoms with Crippen molar-refractivity contribution in [1.82, 2.24) is 4.90 Å². The van der Waals surface area contributed by atoms with Gasteiger partial charge in [0.25, 0.3) is 0 Å². The van der Waals surface area contributed by atoms with E-state index in [0.29, 0.717) is 13.1 Å². The van der Waals surface area contributed by atoms with Crippen LogP contribution in [-0.4, -0.2) is 31.1 Å². The zero-order valence-electron chi connectivity index (χ0n) is 12.9. The topological polar surface area (TPSA) is 38.8 Å². The maximum absolute atomic E-state index is 12.2. The van der Waals surface area contributed by atoms with Gasteiger partial charge in [-0.1, -0.05) is 46.3 Å². The van der Waals surface area contributed by atoms with Crippen molar-refractivity contribution >= 4 is 21.8 Å². The molecule has 1 atom stereocenters. The molecule has 1 fully saturated rings. The molecule has 1 heterocycles. The van der Waals surface area contributed by atoms with Crippen LogP contribution in [0.2, 0.25) is 0 Å². The van der Waals surface area contributed by atoms with E-state index in [4.69, 9.17) is 9.47 Å². The van der Waals surface area contributed by atoms with Gasteiger partial charge in [0.2, 0.25) is 5.91 Å². The van der Waals surface area contributed by atoms with E-state index in [1.807, 2.05) is 53.4 Å². The molecule has 120 valence electrons. The third kappa shape index (κ3) is 3.74. The predicted molar refractivity (Wildman–Crippen MR) is 91.2 cm³/mol. The number of methoxy groups -OCH3 is 1. The van der Waals surface area contributed by atoms with E-state index in [0.717, 1.165) is 21.3 Å². The summed E-state index contributed by atoms with van der Waals surface area (Å²) in [5.74, 6) is 0.784. The average Bonchev–Trinajstić information content (AvgIpc) is 2.58. The van der Waals surface area contributed by atoms with Crippen LogP contribution in [-0.2, 0) is 16.1 Å². The lowest BCUT2D eigenvalue weighted by Crippen LogP contribution is -2.42. The molecule has 23 heavy (non-hydrogen) atoms. The summed E-state index contributed by atoms with van der Waals surface area (Å²) >= 11 is 3.48. The molecule has 1 aliphatic rings. The number of carbonyl (C=O) groups is 1. The molecule has 0 aliphatic carbocycles. The fourth-order valence-electron chi connectivity index (χ4n) is 2.72. The Balaban J connectivity index is 1.80. The SMILES string of the molecule is COc1ccc(Br)cc1[C@H]1CN(Cc2ccccc2)C(=O)CO1. The van der Waals surface area contributed by atoms with Crippen molar-refractivity contribution in [3.8, 4) is 5.75 Å². The Kier molecular flexibility index (Phi) is 4.98. The number of nitrogens with zero attached hydrogens (tertiary/aromatic N) is 1. The van der Waals surface area contributed by atoms with Crippen LogP contribution in [0.4, 0.5) is 0 Å². The lowest BCUT2D eigenvalue weighted by Gasteiger charge is -2.33. The number of amides is 1. The number of carbonyl (C=O) groups excluding carboxylic acids is 1. The molecule has 0 aromatic heterocycles. The second-order valence-corrected chi connectivity index (χ2v) is 6.36. The normalized spacial score (nSPS) is 18.1. The van der Waals surface area contributed by atoms with E-state index in [9.17, 15) is 4.79 Å². The smallest absolute Gasteiger partial charge is 0.249 e. The zero-order valence-corrected chi connectivity index (χ0v) is 14.5. The number of ether oxygens (including phenoxy) is 2. The first-order chi connectivity index (χ1) is 11.2. The van der Waals surface area contributed by atoms with Crippen LogP contribution in [0.5, 0.6) is 5.75 Å². The predicted octanol–water partition coefficient (Wildman–Crippen LogP) is 3.56. The third-order valence-corrected chi connectivity index (χ3v) is 4.40. The van der Waals surface area contributed by atoms with Crippen LogP contribution in [0.3, 0.4) is 0 Å². The summed E-state index contributed by atoms with van der Waals surface area (Å²) in [4.78, 5) is 14.0. The van der Waals surface area contributed by atoms with Crippen LogP contribution < -0.4 is 4.74 Å².